The molecule has 0 aliphatic carbocycles. The summed E-state index contributed by atoms with van der Waals surface area (Å²) in [6.45, 7) is 0. The first-order chi connectivity index (χ1) is 11.1. The van der Waals surface area contributed by atoms with Crippen LogP contribution in [-0.4, -0.2) is 28.4 Å². The average Bonchev–Trinajstić information content (AvgIpc) is 3.01. The Balaban J connectivity index is 2.34. The monoisotopic (exact) mass is 311 g/mol. The van der Waals surface area contributed by atoms with Crippen LogP contribution in [0.3, 0.4) is 0 Å². The standard InChI is InChI=1S/C17H17N3O3/c1-20-9-8-19-16(20)15(21)10-13(12-6-4-3-5-7-12)14(11-18)17(22)23-2/h3-9,13-14H,10H2,1-2H3. The van der Waals surface area contributed by atoms with Crippen LogP contribution in [0.15, 0.2) is 42.7 Å². The molecule has 0 spiro atoms. The molecule has 1 aromatic carbocycles. The molecule has 0 aliphatic heterocycles. The lowest BCUT2D eigenvalue weighted by Gasteiger charge is -2.20. The zero-order valence-electron chi connectivity index (χ0n) is 13.0. The first-order valence-corrected chi connectivity index (χ1v) is 7.11. The van der Waals surface area contributed by atoms with Crippen LogP contribution in [0, 0.1) is 17.2 Å². The minimum atomic E-state index is -1.05. The maximum Gasteiger partial charge on any atom is 0.323 e. The van der Waals surface area contributed by atoms with Crippen molar-refractivity contribution in [1.29, 1.82) is 5.26 Å². The molecule has 2 atom stereocenters. The van der Waals surface area contributed by atoms with Crippen molar-refractivity contribution < 1.29 is 14.3 Å². The number of nitrogens with zero attached hydrogens (tertiary/aromatic N) is 3. The van der Waals surface area contributed by atoms with Gasteiger partial charge in [0.05, 0.1) is 13.2 Å². The zero-order chi connectivity index (χ0) is 16.8. The highest BCUT2D eigenvalue weighted by Crippen LogP contribution is 2.30. The first kappa shape index (κ1) is 16.4. The molecule has 0 amide bonds. The number of benzene rings is 1. The van der Waals surface area contributed by atoms with Gasteiger partial charge in [0.15, 0.2) is 17.5 Å². The molecule has 23 heavy (non-hydrogen) atoms. The van der Waals surface area contributed by atoms with Gasteiger partial charge < -0.3 is 9.30 Å². The van der Waals surface area contributed by atoms with Crippen molar-refractivity contribution in [3.05, 3.63) is 54.1 Å². The van der Waals surface area contributed by atoms with Gasteiger partial charge in [-0.15, -0.1) is 0 Å². The Morgan fingerprint density at radius 1 is 1.35 bits per heavy atom. The lowest BCUT2D eigenvalue weighted by atomic mass is 9.83. The second-order valence-electron chi connectivity index (χ2n) is 5.14. The number of Topliss-reactive ketones (excluding diaryl/α,β-unsaturated/α-hetero) is 1. The molecule has 2 unspecified atom stereocenters. The number of rotatable bonds is 6. The molecular formula is C17H17N3O3. The molecule has 0 bridgehead atoms. The van der Waals surface area contributed by atoms with Crippen LogP contribution < -0.4 is 0 Å². The highest BCUT2D eigenvalue weighted by atomic mass is 16.5. The SMILES string of the molecule is COC(=O)C(C#N)C(CC(=O)c1nccn1C)c1ccccc1. The van der Waals surface area contributed by atoms with Crippen molar-refractivity contribution in [1.82, 2.24) is 9.55 Å². The number of esters is 1. The Morgan fingerprint density at radius 3 is 2.57 bits per heavy atom. The van der Waals surface area contributed by atoms with Gasteiger partial charge in [-0.05, 0) is 5.56 Å². The summed E-state index contributed by atoms with van der Waals surface area (Å²) in [6.07, 6.45) is 3.21. The van der Waals surface area contributed by atoms with Crippen LogP contribution in [0.25, 0.3) is 0 Å². The van der Waals surface area contributed by atoms with E-state index in [-0.39, 0.29) is 12.2 Å². The molecule has 6 nitrogen and oxygen atoms in total. The number of methoxy groups -OCH3 is 1. The number of nitriles is 1. The van der Waals surface area contributed by atoms with Crippen LogP contribution in [0.2, 0.25) is 0 Å². The van der Waals surface area contributed by atoms with E-state index in [4.69, 9.17) is 4.74 Å². The van der Waals surface area contributed by atoms with Crippen LogP contribution in [0.5, 0.6) is 0 Å². The van der Waals surface area contributed by atoms with E-state index in [9.17, 15) is 14.9 Å². The van der Waals surface area contributed by atoms with E-state index >= 15 is 0 Å². The van der Waals surface area contributed by atoms with Gasteiger partial charge in [0.2, 0.25) is 0 Å². The topological polar surface area (TPSA) is 85.0 Å². The maximum atomic E-state index is 12.5. The Kier molecular flexibility index (Phi) is 5.26. The van der Waals surface area contributed by atoms with Crippen molar-refractivity contribution in [2.45, 2.75) is 12.3 Å². The number of carbonyl (C=O) groups excluding carboxylic acids is 2. The molecule has 2 rings (SSSR count). The summed E-state index contributed by atoms with van der Waals surface area (Å²) in [5, 5.41) is 9.37. The summed E-state index contributed by atoms with van der Waals surface area (Å²) >= 11 is 0. The Morgan fingerprint density at radius 2 is 2.04 bits per heavy atom. The highest BCUT2D eigenvalue weighted by Gasteiger charge is 2.33. The van der Waals surface area contributed by atoms with E-state index in [0.717, 1.165) is 5.56 Å². The molecule has 0 saturated heterocycles. The number of aryl methyl sites for hydroxylation is 1. The third kappa shape index (κ3) is 3.64. The maximum absolute atomic E-state index is 12.5. The fourth-order valence-corrected chi connectivity index (χ4v) is 2.49. The molecular weight excluding hydrogens is 294 g/mol. The second-order valence-corrected chi connectivity index (χ2v) is 5.14. The number of aromatic nitrogens is 2. The minimum absolute atomic E-state index is 0.00218. The van der Waals surface area contributed by atoms with E-state index in [1.54, 1.807) is 42.1 Å². The van der Waals surface area contributed by atoms with E-state index in [0.29, 0.717) is 5.82 Å². The van der Waals surface area contributed by atoms with Gasteiger partial charge in [-0.25, -0.2) is 4.98 Å². The minimum Gasteiger partial charge on any atom is -0.468 e. The van der Waals surface area contributed by atoms with E-state index in [2.05, 4.69) is 4.98 Å². The van der Waals surface area contributed by atoms with Gasteiger partial charge in [-0.3, -0.25) is 9.59 Å². The lowest BCUT2D eigenvalue weighted by molar-refractivity contribution is -0.144. The van der Waals surface area contributed by atoms with Crippen molar-refractivity contribution in [2.75, 3.05) is 7.11 Å². The van der Waals surface area contributed by atoms with Crippen molar-refractivity contribution in [3.8, 4) is 6.07 Å². The molecule has 0 saturated carbocycles. The van der Waals surface area contributed by atoms with Crippen LogP contribution in [0.1, 0.15) is 28.5 Å². The molecule has 1 heterocycles. The molecule has 0 aliphatic rings. The van der Waals surface area contributed by atoms with Gasteiger partial charge in [0.1, 0.15) is 0 Å². The quantitative estimate of drug-likeness (QED) is 0.602. The summed E-state index contributed by atoms with van der Waals surface area (Å²) < 4.78 is 6.32. The lowest BCUT2D eigenvalue weighted by Crippen LogP contribution is -2.25. The fourth-order valence-electron chi connectivity index (χ4n) is 2.49. The number of carbonyl (C=O) groups is 2. The molecule has 1 aromatic heterocycles. The Bertz CT molecular complexity index is 731. The molecule has 0 radical (unpaired) electrons. The summed E-state index contributed by atoms with van der Waals surface area (Å²) in [7, 11) is 2.95. The predicted octanol–water partition coefficient (Wildman–Crippen LogP) is 2.09. The molecule has 2 aromatic rings. The second kappa shape index (κ2) is 7.36. The van der Waals surface area contributed by atoms with Gasteiger partial charge in [0, 0.05) is 31.8 Å². The van der Waals surface area contributed by atoms with Gasteiger partial charge in [0.25, 0.3) is 0 Å². The summed E-state index contributed by atoms with van der Waals surface area (Å²) in [6, 6.07) is 11.0. The smallest absolute Gasteiger partial charge is 0.323 e. The predicted molar refractivity (Wildman–Crippen MR) is 82.5 cm³/mol. The van der Waals surface area contributed by atoms with Crippen LogP contribution in [0.4, 0.5) is 0 Å². The number of imidazole rings is 1. The number of ketones is 1. The van der Waals surface area contributed by atoms with E-state index < -0.39 is 17.8 Å². The van der Waals surface area contributed by atoms with Crippen molar-refractivity contribution in [2.24, 2.45) is 13.0 Å². The van der Waals surface area contributed by atoms with Crippen LogP contribution in [-0.2, 0) is 16.6 Å². The molecule has 0 N–H and O–H groups in total. The van der Waals surface area contributed by atoms with Crippen molar-refractivity contribution in [3.63, 3.8) is 0 Å². The van der Waals surface area contributed by atoms with Gasteiger partial charge in [-0.1, -0.05) is 30.3 Å². The average molecular weight is 311 g/mol. The molecule has 6 heteroatoms. The fraction of sp³-hybridized carbons (Fsp3) is 0.294. The number of hydrogen-bond acceptors (Lipinski definition) is 5. The summed E-state index contributed by atoms with van der Waals surface area (Å²) in [4.78, 5) is 28.4. The van der Waals surface area contributed by atoms with Crippen LogP contribution >= 0.6 is 0 Å². The summed E-state index contributed by atoms with van der Waals surface area (Å²) in [5.41, 5.74) is 0.743. The summed E-state index contributed by atoms with van der Waals surface area (Å²) in [5.74, 6) is -2.21. The molecule has 0 fully saturated rings. The first-order valence-electron chi connectivity index (χ1n) is 7.11. The Hall–Kier alpha value is -2.94. The number of hydrogen-bond donors (Lipinski definition) is 0. The third-order valence-electron chi connectivity index (χ3n) is 3.70. The van der Waals surface area contributed by atoms with E-state index in [1.165, 1.54) is 13.3 Å². The van der Waals surface area contributed by atoms with Gasteiger partial charge >= 0.3 is 5.97 Å². The normalized spacial score (nSPS) is 12.9. The Labute approximate surface area is 134 Å². The largest absolute Gasteiger partial charge is 0.468 e. The third-order valence-corrected chi connectivity index (χ3v) is 3.70. The molecule has 118 valence electrons. The van der Waals surface area contributed by atoms with Gasteiger partial charge in [-0.2, -0.15) is 5.26 Å². The highest BCUT2D eigenvalue weighted by molar-refractivity contribution is 5.94. The number of ether oxygens (including phenoxy) is 1. The zero-order valence-corrected chi connectivity index (χ0v) is 13.0. The van der Waals surface area contributed by atoms with E-state index in [1.807, 2.05) is 12.1 Å². The van der Waals surface area contributed by atoms with Crippen molar-refractivity contribution >= 4 is 11.8 Å².